The molecule has 4 nitrogen and oxygen atoms in total. The first kappa shape index (κ1) is 9.27. The van der Waals surface area contributed by atoms with Crippen LogP contribution >= 0.6 is 0 Å². The number of imidazole rings is 1. The van der Waals surface area contributed by atoms with Crippen LogP contribution in [0.1, 0.15) is 24.6 Å². The van der Waals surface area contributed by atoms with Crippen molar-refractivity contribution in [1.82, 2.24) is 9.55 Å². The summed E-state index contributed by atoms with van der Waals surface area (Å²) in [6.45, 7) is 0.807. The fourth-order valence-corrected chi connectivity index (χ4v) is 1.67. The first-order chi connectivity index (χ1) is 6.79. The summed E-state index contributed by atoms with van der Waals surface area (Å²) in [4.78, 5) is 4.05. The maximum atomic E-state index is 6.11. The minimum absolute atomic E-state index is 0.0807. The molecular weight excluding hydrogens is 178 g/mol. The standard InChI is InChI=1S/C10H15N3O/c1-13-7-12-5-9(13)10(11)8-3-2-4-14-6-8/h5-7,10H,2-4,11H2,1H3. The fraction of sp³-hybridized carbons (Fsp3) is 0.500. The van der Waals surface area contributed by atoms with E-state index in [1.165, 1.54) is 0 Å². The summed E-state index contributed by atoms with van der Waals surface area (Å²) in [7, 11) is 1.95. The van der Waals surface area contributed by atoms with Crippen LogP contribution in [0.3, 0.4) is 0 Å². The zero-order chi connectivity index (χ0) is 9.97. The lowest BCUT2D eigenvalue weighted by molar-refractivity contribution is 0.221. The number of nitrogens with zero attached hydrogens (tertiary/aromatic N) is 2. The van der Waals surface area contributed by atoms with Gasteiger partial charge in [0.15, 0.2) is 0 Å². The van der Waals surface area contributed by atoms with Gasteiger partial charge in [0.25, 0.3) is 0 Å². The van der Waals surface area contributed by atoms with Gasteiger partial charge in [0.05, 0.1) is 37.1 Å². The van der Waals surface area contributed by atoms with E-state index < -0.39 is 0 Å². The van der Waals surface area contributed by atoms with Gasteiger partial charge in [-0.3, -0.25) is 0 Å². The van der Waals surface area contributed by atoms with E-state index in [9.17, 15) is 0 Å². The predicted octanol–water partition coefficient (Wildman–Crippen LogP) is 1.11. The molecule has 0 saturated carbocycles. The molecule has 1 aliphatic rings. The van der Waals surface area contributed by atoms with Gasteiger partial charge in [-0.1, -0.05) is 0 Å². The van der Waals surface area contributed by atoms with Crippen molar-refractivity contribution in [2.75, 3.05) is 6.61 Å². The molecule has 0 aromatic carbocycles. The fourth-order valence-electron chi connectivity index (χ4n) is 1.67. The summed E-state index contributed by atoms with van der Waals surface area (Å²) in [5, 5.41) is 0. The average Bonchev–Trinajstić information content (AvgIpc) is 2.65. The lowest BCUT2D eigenvalue weighted by Gasteiger charge is -2.19. The van der Waals surface area contributed by atoms with Crippen LogP contribution in [-0.4, -0.2) is 16.2 Å². The Bertz CT molecular complexity index is 343. The molecule has 0 radical (unpaired) electrons. The molecule has 1 atom stereocenters. The highest BCUT2D eigenvalue weighted by Crippen LogP contribution is 2.24. The maximum absolute atomic E-state index is 6.11. The Labute approximate surface area is 83.4 Å². The highest BCUT2D eigenvalue weighted by Gasteiger charge is 2.17. The molecule has 0 bridgehead atoms. The van der Waals surface area contributed by atoms with Gasteiger partial charge in [-0.15, -0.1) is 0 Å². The summed E-state index contributed by atoms with van der Waals surface area (Å²) in [6, 6.07) is -0.0807. The van der Waals surface area contributed by atoms with E-state index in [4.69, 9.17) is 10.5 Å². The quantitative estimate of drug-likeness (QED) is 0.765. The minimum atomic E-state index is -0.0807. The third kappa shape index (κ3) is 1.65. The molecule has 14 heavy (non-hydrogen) atoms. The van der Waals surface area contributed by atoms with E-state index in [0.29, 0.717) is 0 Å². The lowest BCUT2D eigenvalue weighted by Crippen LogP contribution is -2.18. The van der Waals surface area contributed by atoms with E-state index in [0.717, 1.165) is 30.7 Å². The van der Waals surface area contributed by atoms with Gasteiger partial charge >= 0.3 is 0 Å². The van der Waals surface area contributed by atoms with Crippen LogP contribution in [0, 0.1) is 0 Å². The third-order valence-corrected chi connectivity index (χ3v) is 2.53. The monoisotopic (exact) mass is 193 g/mol. The molecule has 1 aliphatic heterocycles. The Balaban J connectivity index is 2.19. The molecule has 0 amide bonds. The van der Waals surface area contributed by atoms with Crippen molar-refractivity contribution in [3.8, 4) is 0 Å². The minimum Gasteiger partial charge on any atom is -0.501 e. The van der Waals surface area contributed by atoms with E-state index in [1.807, 2.05) is 11.6 Å². The van der Waals surface area contributed by atoms with Gasteiger partial charge in [-0.2, -0.15) is 0 Å². The van der Waals surface area contributed by atoms with Gasteiger partial charge in [0.2, 0.25) is 0 Å². The largest absolute Gasteiger partial charge is 0.501 e. The van der Waals surface area contributed by atoms with Crippen molar-refractivity contribution in [3.05, 3.63) is 30.1 Å². The van der Waals surface area contributed by atoms with E-state index >= 15 is 0 Å². The number of ether oxygens (including phenoxy) is 1. The van der Waals surface area contributed by atoms with Gasteiger partial charge in [0.1, 0.15) is 0 Å². The Kier molecular flexibility index (Phi) is 2.54. The van der Waals surface area contributed by atoms with E-state index in [1.54, 1.807) is 18.8 Å². The van der Waals surface area contributed by atoms with Gasteiger partial charge in [-0.05, 0) is 18.4 Å². The van der Waals surface area contributed by atoms with Crippen LogP contribution in [-0.2, 0) is 11.8 Å². The molecule has 2 rings (SSSR count). The smallest absolute Gasteiger partial charge is 0.0946 e. The molecule has 0 saturated heterocycles. The molecule has 0 aliphatic carbocycles. The first-order valence-electron chi connectivity index (χ1n) is 4.81. The van der Waals surface area contributed by atoms with Crippen molar-refractivity contribution >= 4 is 0 Å². The Morgan fingerprint density at radius 2 is 2.50 bits per heavy atom. The number of rotatable bonds is 2. The number of hydrogen-bond donors (Lipinski definition) is 1. The van der Waals surface area contributed by atoms with Crippen LogP contribution < -0.4 is 5.73 Å². The molecule has 1 aromatic rings. The SMILES string of the molecule is Cn1cncc1C(N)C1=COCCC1. The second-order valence-electron chi connectivity index (χ2n) is 3.57. The molecule has 0 spiro atoms. The predicted molar refractivity (Wildman–Crippen MR) is 53.4 cm³/mol. The second-order valence-corrected chi connectivity index (χ2v) is 3.57. The van der Waals surface area contributed by atoms with Crippen molar-refractivity contribution in [1.29, 1.82) is 0 Å². The summed E-state index contributed by atoms with van der Waals surface area (Å²) < 4.78 is 7.21. The number of nitrogens with two attached hydrogens (primary N) is 1. The van der Waals surface area contributed by atoms with Crippen LogP contribution in [0.4, 0.5) is 0 Å². The topological polar surface area (TPSA) is 53.1 Å². The molecule has 76 valence electrons. The molecule has 1 aromatic heterocycles. The normalized spacial score (nSPS) is 18.6. The molecule has 1 unspecified atom stereocenters. The Hall–Kier alpha value is -1.29. The van der Waals surface area contributed by atoms with Crippen LogP contribution in [0.2, 0.25) is 0 Å². The number of aromatic nitrogens is 2. The van der Waals surface area contributed by atoms with E-state index in [-0.39, 0.29) is 6.04 Å². The molecule has 2 N–H and O–H groups in total. The van der Waals surface area contributed by atoms with Crippen LogP contribution in [0.15, 0.2) is 24.4 Å². The van der Waals surface area contributed by atoms with Gasteiger partial charge in [-0.25, -0.2) is 4.98 Å². The maximum Gasteiger partial charge on any atom is 0.0946 e. The highest BCUT2D eigenvalue weighted by molar-refractivity contribution is 5.20. The first-order valence-corrected chi connectivity index (χ1v) is 4.81. The van der Waals surface area contributed by atoms with Gasteiger partial charge in [0, 0.05) is 7.05 Å². The summed E-state index contributed by atoms with van der Waals surface area (Å²) in [6.07, 6.45) is 7.43. The second kappa shape index (κ2) is 3.84. The van der Waals surface area contributed by atoms with Gasteiger partial charge < -0.3 is 15.0 Å². The van der Waals surface area contributed by atoms with E-state index in [2.05, 4.69) is 4.98 Å². The lowest BCUT2D eigenvalue weighted by atomic mass is 10.0. The molecule has 0 fully saturated rings. The highest BCUT2D eigenvalue weighted by atomic mass is 16.5. The third-order valence-electron chi connectivity index (χ3n) is 2.53. The van der Waals surface area contributed by atoms with Crippen molar-refractivity contribution in [3.63, 3.8) is 0 Å². The van der Waals surface area contributed by atoms with Crippen molar-refractivity contribution in [2.24, 2.45) is 12.8 Å². The summed E-state index contributed by atoms with van der Waals surface area (Å²) in [5.74, 6) is 0. The summed E-state index contributed by atoms with van der Waals surface area (Å²) >= 11 is 0. The summed E-state index contributed by atoms with van der Waals surface area (Å²) in [5.41, 5.74) is 8.29. The molecular formula is C10H15N3O. The van der Waals surface area contributed by atoms with Crippen molar-refractivity contribution in [2.45, 2.75) is 18.9 Å². The Morgan fingerprint density at radius 1 is 1.64 bits per heavy atom. The average molecular weight is 193 g/mol. The zero-order valence-electron chi connectivity index (χ0n) is 8.31. The van der Waals surface area contributed by atoms with Crippen LogP contribution in [0.25, 0.3) is 0 Å². The van der Waals surface area contributed by atoms with Crippen molar-refractivity contribution < 1.29 is 4.74 Å². The molecule has 4 heteroatoms. The number of hydrogen-bond acceptors (Lipinski definition) is 3. The van der Waals surface area contributed by atoms with Crippen LogP contribution in [0.5, 0.6) is 0 Å². The molecule has 2 heterocycles. The number of aryl methyl sites for hydroxylation is 1. The zero-order valence-corrected chi connectivity index (χ0v) is 8.31. The Morgan fingerprint density at radius 3 is 3.07 bits per heavy atom.